The number of para-hydroxylation sites is 1. The number of hydrogen-bond acceptors (Lipinski definition) is 5. The summed E-state index contributed by atoms with van der Waals surface area (Å²) in [4.78, 5) is 10.0. The molecule has 1 aromatic carbocycles. The van der Waals surface area contributed by atoms with Crippen molar-refractivity contribution in [2.24, 2.45) is 0 Å². The number of rotatable bonds is 3. The molecule has 2 saturated heterocycles. The van der Waals surface area contributed by atoms with Gasteiger partial charge in [-0.3, -0.25) is 9.80 Å². The van der Waals surface area contributed by atoms with Crippen LogP contribution in [-0.4, -0.2) is 60.1 Å². The molecule has 2 aromatic rings. The zero-order valence-electron chi connectivity index (χ0n) is 12.7. The van der Waals surface area contributed by atoms with Crippen LogP contribution in [0.15, 0.2) is 24.3 Å². The van der Waals surface area contributed by atoms with E-state index in [4.69, 9.17) is 4.98 Å². The number of hydrogen-bond donors (Lipinski definition) is 1. The molecule has 1 N–H and O–H groups in total. The van der Waals surface area contributed by atoms with E-state index >= 15 is 0 Å². The number of aromatic nitrogens is 1. The largest absolute Gasteiger partial charge is 0.314 e. The molecule has 6 heteroatoms. The third kappa shape index (κ3) is 3.44. The molecule has 1 aromatic heterocycles. The van der Waals surface area contributed by atoms with Gasteiger partial charge in [-0.15, -0.1) is 23.7 Å². The maximum atomic E-state index is 4.77. The summed E-state index contributed by atoms with van der Waals surface area (Å²) in [6, 6.07) is 9.21. The van der Waals surface area contributed by atoms with E-state index in [-0.39, 0.29) is 12.4 Å². The Balaban J connectivity index is 0.00000144. The summed E-state index contributed by atoms with van der Waals surface area (Å²) < 4.78 is 1.31. The van der Waals surface area contributed by atoms with Gasteiger partial charge in [-0.2, -0.15) is 0 Å². The standard InChI is InChI=1S/C16H22N4S.ClH/c1-2-4-15-14(3-1)18-16(21-15)12-19-8-5-13(11-19)20-9-6-17-7-10-20;/h1-4,13,17H,5-12H2;1H. The molecule has 4 rings (SSSR count). The molecule has 3 heterocycles. The first-order valence-electron chi connectivity index (χ1n) is 7.90. The highest BCUT2D eigenvalue weighted by molar-refractivity contribution is 7.18. The Labute approximate surface area is 141 Å². The van der Waals surface area contributed by atoms with Gasteiger partial charge in [0.1, 0.15) is 5.01 Å². The van der Waals surface area contributed by atoms with Crippen molar-refractivity contribution in [1.29, 1.82) is 0 Å². The van der Waals surface area contributed by atoms with Crippen LogP contribution in [0.2, 0.25) is 0 Å². The van der Waals surface area contributed by atoms with Crippen molar-refractivity contribution in [3.05, 3.63) is 29.3 Å². The average molecular weight is 339 g/mol. The Hall–Kier alpha value is -0.720. The van der Waals surface area contributed by atoms with Gasteiger partial charge >= 0.3 is 0 Å². The molecule has 4 nitrogen and oxygen atoms in total. The third-order valence-electron chi connectivity index (χ3n) is 4.61. The highest BCUT2D eigenvalue weighted by Gasteiger charge is 2.28. The smallest absolute Gasteiger partial charge is 0.108 e. The lowest BCUT2D eigenvalue weighted by atomic mass is 10.2. The molecular weight excluding hydrogens is 316 g/mol. The highest BCUT2D eigenvalue weighted by atomic mass is 35.5. The fourth-order valence-electron chi connectivity index (χ4n) is 3.48. The molecule has 0 saturated carbocycles. The summed E-state index contributed by atoms with van der Waals surface area (Å²) in [5.41, 5.74) is 1.15. The van der Waals surface area contributed by atoms with Crippen LogP contribution in [0.4, 0.5) is 0 Å². The Kier molecular flexibility index (Phi) is 5.31. The van der Waals surface area contributed by atoms with Crippen LogP contribution in [0.5, 0.6) is 0 Å². The van der Waals surface area contributed by atoms with Crippen LogP contribution < -0.4 is 5.32 Å². The Morgan fingerprint density at radius 3 is 2.82 bits per heavy atom. The number of piperazine rings is 1. The quantitative estimate of drug-likeness (QED) is 0.929. The van der Waals surface area contributed by atoms with Crippen LogP contribution in [0, 0.1) is 0 Å². The molecule has 2 aliphatic heterocycles. The van der Waals surface area contributed by atoms with E-state index in [0.717, 1.165) is 31.2 Å². The van der Waals surface area contributed by atoms with Crippen LogP contribution >= 0.6 is 23.7 Å². The average Bonchev–Trinajstić information content (AvgIpc) is 3.14. The van der Waals surface area contributed by atoms with Gasteiger partial charge in [-0.1, -0.05) is 12.1 Å². The Morgan fingerprint density at radius 1 is 1.18 bits per heavy atom. The molecule has 2 aliphatic rings. The van der Waals surface area contributed by atoms with Crippen molar-refractivity contribution < 1.29 is 0 Å². The van der Waals surface area contributed by atoms with E-state index in [1.165, 1.54) is 42.3 Å². The van der Waals surface area contributed by atoms with Crippen LogP contribution in [0.1, 0.15) is 11.4 Å². The summed E-state index contributed by atoms with van der Waals surface area (Å²) in [5, 5.41) is 4.70. The van der Waals surface area contributed by atoms with Gasteiger partial charge in [0.15, 0.2) is 0 Å². The molecule has 0 bridgehead atoms. The fraction of sp³-hybridized carbons (Fsp3) is 0.562. The lowest BCUT2D eigenvalue weighted by Crippen LogP contribution is -2.49. The topological polar surface area (TPSA) is 31.4 Å². The molecule has 22 heavy (non-hydrogen) atoms. The van der Waals surface area contributed by atoms with E-state index in [0.29, 0.717) is 0 Å². The van der Waals surface area contributed by atoms with Crippen LogP contribution in [-0.2, 0) is 6.54 Å². The molecule has 0 radical (unpaired) electrons. The number of thiazole rings is 1. The van der Waals surface area contributed by atoms with Crippen LogP contribution in [0.3, 0.4) is 0 Å². The van der Waals surface area contributed by atoms with Crippen molar-refractivity contribution in [3.8, 4) is 0 Å². The second kappa shape index (κ2) is 7.23. The maximum Gasteiger partial charge on any atom is 0.108 e. The SMILES string of the molecule is Cl.c1ccc2sc(CN3CCC(N4CCNCC4)C3)nc2c1. The minimum atomic E-state index is 0. The number of benzene rings is 1. The van der Waals surface area contributed by atoms with Gasteiger partial charge in [-0.25, -0.2) is 4.98 Å². The van der Waals surface area contributed by atoms with E-state index in [1.807, 2.05) is 11.3 Å². The van der Waals surface area contributed by atoms with Gasteiger partial charge in [0.05, 0.1) is 16.8 Å². The summed E-state index contributed by atoms with van der Waals surface area (Å²) in [5.74, 6) is 0. The predicted molar refractivity (Wildman–Crippen MR) is 95.0 cm³/mol. The van der Waals surface area contributed by atoms with Crippen molar-refractivity contribution in [2.45, 2.75) is 19.0 Å². The van der Waals surface area contributed by atoms with Gasteiger partial charge < -0.3 is 5.32 Å². The van der Waals surface area contributed by atoms with Gasteiger partial charge in [0.25, 0.3) is 0 Å². The molecule has 0 amide bonds. The second-order valence-corrected chi connectivity index (χ2v) is 7.15. The number of fused-ring (bicyclic) bond motifs is 1. The Morgan fingerprint density at radius 2 is 2.00 bits per heavy atom. The molecule has 2 fully saturated rings. The number of halogens is 1. The van der Waals surface area contributed by atoms with Crippen molar-refractivity contribution in [1.82, 2.24) is 20.1 Å². The lowest BCUT2D eigenvalue weighted by Gasteiger charge is -2.32. The monoisotopic (exact) mass is 338 g/mol. The lowest BCUT2D eigenvalue weighted by molar-refractivity contribution is 0.170. The first kappa shape index (κ1) is 16.1. The van der Waals surface area contributed by atoms with Crippen molar-refractivity contribution in [3.63, 3.8) is 0 Å². The zero-order chi connectivity index (χ0) is 14.1. The van der Waals surface area contributed by atoms with E-state index in [9.17, 15) is 0 Å². The van der Waals surface area contributed by atoms with Gasteiger partial charge in [0, 0.05) is 45.3 Å². The highest BCUT2D eigenvalue weighted by Crippen LogP contribution is 2.24. The number of likely N-dealkylation sites (tertiary alicyclic amines) is 1. The minimum absolute atomic E-state index is 0. The first-order chi connectivity index (χ1) is 10.4. The van der Waals surface area contributed by atoms with Crippen molar-refractivity contribution >= 4 is 34.0 Å². The predicted octanol–water partition coefficient (Wildman–Crippen LogP) is 2.20. The second-order valence-electron chi connectivity index (χ2n) is 6.04. The third-order valence-corrected chi connectivity index (χ3v) is 5.63. The summed E-state index contributed by atoms with van der Waals surface area (Å²) in [7, 11) is 0. The summed E-state index contributed by atoms with van der Waals surface area (Å²) in [6.45, 7) is 8.14. The fourth-order valence-corrected chi connectivity index (χ4v) is 4.49. The van der Waals surface area contributed by atoms with E-state index < -0.39 is 0 Å². The first-order valence-corrected chi connectivity index (χ1v) is 8.72. The minimum Gasteiger partial charge on any atom is -0.314 e. The van der Waals surface area contributed by atoms with Gasteiger partial charge in [-0.05, 0) is 18.6 Å². The maximum absolute atomic E-state index is 4.77. The van der Waals surface area contributed by atoms with Crippen LogP contribution in [0.25, 0.3) is 10.2 Å². The van der Waals surface area contributed by atoms with E-state index in [2.05, 4.69) is 39.4 Å². The molecule has 120 valence electrons. The molecule has 0 aliphatic carbocycles. The van der Waals surface area contributed by atoms with Gasteiger partial charge in [0.2, 0.25) is 0 Å². The Bertz CT molecular complexity index is 578. The number of nitrogens with zero attached hydrogens (tertiary/aromatic N) is 3. The van der Waals surface area contributed by atoms with E-state index in [1.54, 1.807) is 0 Å². The normalized spacial score (nSPS) is 23.7. The zero-order valence-corrected chi connectivity index (χ0v) is 14.3. The summed E-state index contributed by atoms with van der Waals surface area (Å²) >= 11 is 1.84. The molecule has 1 unspecified atom stereocenters. The van der Waals surface area contributed by atoms with Crippen molar-refractivity contribution in [2.75, 3.05) is 39.3 Å². The number of nitrogens with one attached hydrogen (secondary N) is 1. The summed E-state index contributed by atoms with van der Waals surface area (Å²) in [6.07, 6.45) is 1.31. The molecule has 0 spiro atoms. The molecule has 1 atom stereocenters. The molecular formula is C16H23ClN4S.